The van der Waals surface area contributed by atoms with Crippen LogP contribution in [0.3, 0.4) is 0 Å². The maximum Gasteiger partial charge on any atom is 1.00 e. The van der Waals surface area contributed by atoms with E-state index in [4.69, 9.17) is 0 Å². The van der Waals surface area contributed by atoms with Crippen molar-refractivity contribution in [2.24, 2.45) is 0 Å². The standard InChI is InChI=1S/C5H14NO4P.ClH.Na/c1-6(2,3)4-5-10-11(7,8)9;;/h4-5H2,1-3H3,(H-,7,8,9);1H;/q;;+1/p-1. The van der Waals surface area contributed by atoms with Crippen molar-refractivity contribution in [3.63, 3.8) is 0 Å². The number of rotatable bonds is 4. The van der Waals surface area contributed by atoms with E-state index in [1.165, 1.54) is 0 Å². The molecule has 0 atom stereocenters. The van der Waals surface area contributed by atoms with E-state index in [0.717, 1.165) is 0 Å². The van der Waals surface area contributed by atoms with Crippen LogP contribution in [0.1, 0.15) is 0 Å². The molecule has 0 aromatic rings. The van der Waals surface area contributed by atoms with Crippen LogP contribution in [0, 0.1) is 0 Å². The molecule has 0 heterocycles. The van der Waals surface area contributed by atoms with E-state index in [1.807, 2.05) is 21.1 Å². The zero-order chi connectivity index (χ0) is 9.12. The summed E-state index contributed by atoms with van der Waals surface area (Å²) in [7, 11) is 0.875. The van der Waals surface area contributed by atoms with Crippen LogP contribution in [-0.4, -0.2) is 38.8 Å². The first-order valence-corrected chi connectivity index (χ1v) is 4.64. The molecular weight excluding hydrogens is 227 g/mol. The number of phosphoric acid groups is 1. The van der Waals surface area contributed by atoms with Gasteiger partial charge in [-0.15, -0.1) is 12.4 Å². The summed E-state index contributed by atoms with van der Waals surface area (Å²) in [6.45, 7) is 0.447. The zero-order valence-corrected chi connectivity index (χ0v) is 12.1. The molecule has 0 unspecified atom stereocenters. The molecule has 5 nitrogen and oxygen atoms in total. The molecule has 0 amide bonds. The molecule has 0 aliphatic rings. The van der Waals surface area contributed by atoms with Crippen LogP contribution in [0.2, 0.25) is 0 Å². The van der Waals surface area contributed by atoms with Gasteiger partial charge >= 0.3 is 29.6 Å². The Kier molecular flexibility index (Phi) is 11.7. The smallest absolute Gasteiger partial charge is 0.790 e. The molecule has 0 fully saturated rings. The second-order valence-electron chi connectivity index (χ2n) is 3.29. The van der Waals surface area contributed by atoms with Gasteiger partial charge in [-0.05, 0) is 0 Å². The van der Waals surface area contributed by atoms with Crippen LogP contribution in [-0.2, 0) is 9.09 Å². The fourth-order valence-electron chi connectivity index (χ4n) is 0.426. The predicted octanol–water partition coefficient (Wildman–Crippen LogP) is -4.04. The summed E-state index contributed by atoms with van der Waals surface area (Å²) in [6.07, 6.45) is 0. The minimum atomic E-state index is -4.76. The predicted molar refractivity (Wildman–Crippen MR) is 43.7 cm³/mol. The molecular formula is C5H14ClNNaO4P. The monoisotopic (exact) mass is 241 g/mol. The number of nitrogens with zero attached hydrogens (tertiary/aromatic N) is 1. The zero-order valence-electron chi connectivity index (χ0n) is 8.35. The number of phosphoric ester groups is 1. The van der Waals surface area contributed by atoms with Crippen molar-refractivity contribution in [3.8, 4) is 0 Å². The Bertz CT molecular complexity index is 168. The fraction of sp³-hybridized carbons (Fsp3) is 1.00. The van der Waals surface area contributed by atoms with Crippen molar-refractivity contribution in [2.75, 3.05) is 34.3 Å². The van der Waals surface area contributed by atoms with Crippen molar-refractivity contribution < 1.29 is 52.9 Å². The van der Waals surface area contributed by atoms with E-state index in [2.05, 4.69) is 4.52 Å². The molecule has 76 valence electrons. The van der Waals surface area contributed by atoms with Crippen LogP contribution in [0.5, 0.6) is 0 Å². The molecule has 0 radical (unpaired) electrons. The SMILES string of the molecule is C[N+](C)(C)CCOP(=O)([O-])[O-].Cl.[Na+]. The van der Waals surface area contributed by atoms with Gasteiger partial charge < -0.3 is 23.4 Å². The average molecular weight is 242 g/mol. The van der Waals surface area contributed by atoms with Gasteiger partial charge in [-0.2, -0.15) is 0 Å². The topological polar surface area (TPSA) is 72.4 Å². The summed E-state index contributed by atoms with van der Waals surface area (Å²) >= 11 is 0. The Hall–Kier alpha value is 1.36. The average Bonchev–Trinajstić information content (AvgIpc) is 1.55. The minimum Gasteiger partial charge on any atom is -0.790 e. The molecule has 0 saturated carbocycles. The second kappa shape index (κ2) is 7.63. The fourth-order valence-corrected chi connectivity index (χ4v) is 0.732. The third-order valence-corrected chi connectivity index (χ3v) is 1.51. The molecule has 0 aromatic carbocycles. The first-order chi connectivity index (χ1) is 4.71. The molecule has 0 N–H and O–H groups in total. The van der Waals surface area contributed by atoms with E-state index >= 15 is 0 Å². The van der Waals surface area contributed by atoms with E-state index in [9.17, 15) is 14.4 Å². The Balaban J connectivity index is -0.000000500. The maximum absolute atomic E-state index is 9.96. The van der Waals surface area contributed by atoms with E-state index in [1.54, 1.807) is 0 Å². The number of hydrogen-bond acceptors (Lipinski definition) is 4. The van der Waals surface area contributed by atoms with Crippen LogP contribution in [0.25, 0.3) is 0 Å². The van der Waals surface area contributed by atoms with Gasteiger partial charge in [-0.3, -0.25) is 0 Å². The molecule has 0 spiro atoms. The van der Waals surface area contributed by atoms with E-state index < -0.39 is 7.82 Å². The molecule has 0 aliphatic heterocycles. The van der Waals surface area contributed by atoms with Crippen LogP contribution in [0.4, 0.5) is 0 Å². The molecule has 0 bridgehead atoms. The summed E-state index contributed by atoms with van der Waals surface area (Å²) in [6, 6.07) is 0. The number of halogens is 1. The molecule has 13 heavy (non-hydrogen) atoms. The summed E-state index contributed by atoms with van der Waals surface area (Å²) < 4.78 is 14.6. The minimum absolute atomic E-state index is 0. The molecule has 8 heteroatoms. The number of hydrogen-bond donors (Lipinski definition) is 0. The molecule has 0 aliphatic carbocycles. The summed E-state index contributed by atoms with van der Waals surface area (Å²) in [5.74, 6) is 0. The Labute approximate surface area is 107 Å². The molecule has 0 aromatic heterocycles. The van der Waals surface area contributed by atoms with Crippen molar-refractivity contribution in [3.05, 3.63) is 0 Å². The van der Waals surface area contributed by atoms with Crippen LogP contribution in [0.15, 0.2) is 0 Å². The summed E-state index contributed by atoms with van der Waals surface area (Å²) in [5.41, 5.74) is 0. The normalized spacial score (nSPS) is 11.5. The van der Waals surface area contributed by atoms with Gasteiger partial charge in [-0.1, -0.05) is 0 Å². The summed E-state index contributed by atoms with van der Waals surface area (Å²) in [5, 5.41) is 0. The summed E-state index contributed by atoms with van der Waals surface area (Å²) in [4.78, 5) is 19.9. The Morgan fingerprint density at radius 1 is 1.31 bits per heavy atom. The van der Waals surface area contributed by atoms with Crippen LogP contribution < -0.4 is 39.3 Å². The van der Waals surface area contributed by atoms with E-state index in [0.29, 0.717) is 11.0 Å². The van der Waals surface area contributed by atoms with Gasteiger partial charge in [0.1, 0.15) is 13.2 Å². The Morgan fingerprint density at radius 3 is 1.92 bits per heavy atom. The molecule has 0 saturated heterocycles. The quantitative estimate of drug-likeness (QED) is 0.285. The largest absolute Gasteiger partial charge is 1.00 e. The van der Waals surface area contributed by atoms with Crippen molar-refractivity contribution >= 4 is 20.2 Å². The van der Waals surface area contributed by atoms with E-state index in [-0.39, 0.29) is 48.6 Å². The van der Waals surface area contributed by atoms with Crippen LogP contribution >= 0.6 is 20.2 Å². The van der Waals surface area contributed by atoms with Gasteiger partial charge in [-0.25, -0.2) is 0 Å². The van der Waals surface area contributed by atoms with Gasteiger partial charge in [0.15, 0.2) is 0 Å². The first kappa shape index (κ1) is 19.9. The van der Waals surface area contributed by atoms with Gasteiger partial charge in [0.25, 0.3) is 0 Å². The third-order valence-electron chi connectivity index (χ3n) is 1.01. The van der Waals surface area contributed by atoms with Gasteiger partial charge in [0.2, 0.25) is 0 Å². The Morgan fingerprint density at radius 2 is 1.69 bits per heavy atom. The first-order valence-electron chi connectivity index (χ1n) is 3.18. The second-order valence-corrected chi connectivity index (χ2v) is 4.45. The molecule has 0 rings (SSSR count). The maximum atomic E-state index is 9.96. The van der Waals surface area contributed by atoms with Gasteiger partial charge in [0.05, 0.1) is 29.0 Å². The van der Waals surface area contributed by atoms with Gasteiger partial charge in [0, 0.05) is 0 Å². The number of quaternary nitrogens is 1. The van der Waals surface area contributed by atoms with Crippen molar-refractivity contribution in [2.45, 2.75) is 0 Å². The van der Waals surface area contributed by atoms with Crippen molar-refractivity contribution in [1.29, 1.82) is 0 Å². The number of likely N-dealkylation sites (N-methyl/N-ethyl adjacent to an activating group) is 1. The van der Waals surface area contributed by atoms with Crippen molar-refractivity contribution in [1.82, 2.24) is 0 Å². The third kappa shape index (κ3) is 19.7.